The number of nitrogens with zero attached hydrogens (tertiary/aromatic N) is 2. The van der Waals surface area contributed by atoms with Crippen molar-refractivity contribution < 1.29 is 27.9 Å². The summed E-state index contributed by atoms with van der Waals surface area (Å²) in [5.41, 5.74) is -0.719. The molecule has 1 aromatic heterocycles. The molecule has 5 aliphatic carbocycles. The fraction of sp³-hybridized carbons (Fsp3) is 0.577. The Kier molecular flexibility index (Phi) is 4.31. The Morgan fingerprint density at radius 2 is 1.66 bits per heavy atom. The molecule has 9 heteroatoms. The van der Waals surface area contributed by atoms with E-state index < -0.39 is 28.7 Å². The van der Waals surface area contributed by atoms with Crippen LogP contribution < -0.4 is 5.32 Å². The summed E-state index contributed by atoms with van der Waals surface area (Å²) in [7, 11) is 0. The molecule has 1 heterocycles. The number of carboxylic acids is 1. The van der Waals surface area contributed by atoms with E-state index in [-0.39, 0.29) is 17.6 Å². The maximum absolute atomic E-state index is 13.6. The molecule has 0 radical (unpaired) electrons. The Morgan fingerprint density at radius 3 is 2.17 bits per heavy atom. The van der Waals surface area contributed by atoms with E-state index in [1.807, 2.05) is 20.8 Å². The van der Waals surface area contributed by atoms with E-state index in [1.54, 1.807) is 0 Å². The first-order valence-corrected chi connectivity index (χ1v) is 12.1. The van der Waals surface area contributed by atoms with Gasteiger partial charge in [-0.25, -0.2) is 9.48 Å². The molecular formula is C26H28F3N3O3. The average Bonchev–Trinajstić information content (AvgIpc) is 3.07. The molecule has 5 aliphatic rings. The zero-order valence-electron chi connectivity index (χ0n) is 19.9. The summed E-state index contributed by atoms with van der Waals surface area (Å²) in [5, 5.41) is 16.8. The zero-order chi connectivity index (χ0) is 25.1. The highest BCUT2D eigenvalue weighted by Gasteiger charge is 2.80. The van der Waals surface area contributed by atoms with Crippen LogP contribution in [-0.2, 0) is 11.6 Å². The highest BCUT2D eigenvalue weighted by atomic mass is 19.4. The van der Waals surface area contributed by atoms with E-state index in [0.717, 1.165) is 12.1 Å². The number of aromatic nitrogens is 2. The second-order valence-corrected chi connectivity index (χ2v) is 12.2. The predicted octanol–water partition coefficient (Wildman–Crippen LogP) is 5.20. The number of carbonyl (C=O) groups excluding carboxylic acids is 1. The van der Waals surface area contributed by atoms with E-state index in [2.05, 4.69) is 10.4 Å². The summed E-state index contributed by atoms with van der Waals surface area (Å²) < 4.78 is 42.2. The summed E-state index contributed by atoms with van der Waals surface area (Å²) >= 11 is 0. The van der Waals surface area contributed by atoms with Crippen molar-refractivity contribution in [3.63, 3.8) is 0 Å². The number of halogens is 3. The predicted molar refractivity (Wildman–Crippen MR) is 120 cm³/mol. The summed E-state index contributed by atoms with van der Waals surface area (Å²) in [6, 6.07) is 3.15. The number of aromatic carboxylic acids is 1. The number of amides is 1. The van der Waals surface area contributed by atoms with Gasteiger partial charge < -0.3 is 10.4 Å². The van der Waals surface area contributed by atoms with E-state index in [4.69, 9.17) is 0 Å². The molecule has 1 amide bonds. The minimum atomic E-state index is -4.85. The first-order chi connectivity index (χ1) is 16.2. The maximum atomic E-state index is 13.6. The van der Waals surface area contributed by atoms with Crippen molar-refractivity contribution >= 4 is 11.9 Å². The van der Waals surface area contributed by atoms with Gasteiger partial charge in [-0.05, 0) is 73.0 Å². The molecule has 6 nitrogen and oxygen atoms in total. The molecule has 1 aromatic carbocycles. The largest absolute Gasteiger partial charge is 0.478 e. The van der Waals surface area contributed by atoms with Gasteiger partial charge in [0.15, 0.2) is 0 Å². The third-order valence-electron chi connectivity index (χ3n) is 9.11. The number of carbonyl (C=O) groups is 2. The Balaban J connectivity index is 1.35. The maximum Gasteiger partial charge on any atom is 0.417 e. The van der Waals surface area contributed by atoms with Gasteiger partial charge in [0.05, 0.1) is 34.3 Å². The van der Waals surface area contributed by atoms with Gasteiger partial charge in [-0.1, -0.05) is 20.8 Å². The van der Waals surface area contributed by atoms with Gasteiger partial charge in [-0.2, -0.15) is 18.3 Å². The van der Waals surface area contributed by atoms with Crippen molar-refractivity contribution in [1.29, 1.82) is 0 Å². The van der Waals surface area contributed by atoms with Crippen molar-refractivity contribution in [1.82, 2.24) is 15.1 Å². The van der Waals surface area contributed by atoms with E-state index >= 15 is 0 Å². The van der Waals surface area contributed by atoms with Gasteiger partial charge in [0.1, 0.15) is 0 Å². The van der Waals surface area contributed by atoms with Crippen LogP contribution in [0.1, 0.15) is 84.8 Å². The molecule has 4 bridgehead atoms. The molecule has 5 saturated carbocycles. The smallest absolute Gasteiger partial charge is 0.417 e. The van der Waals surface area contributed by atoms with Crippen molar-refractivity contribution in [2.45, 2.75) is 70.5 Å². The van der Waals surface area contributed by atoms with Gasteiger partial charge >= 0.3 is 12.1 Å². The van der Waals surface area contributed by atoms with Gasteiger partial charge in [0.25, 0.3) is 5.91 Å². The summed E-state index contributed by atoms with van der Waals surface area (Å²) in [6.07, 6.45) is 2.68. The Bertz CT molecular complexity index is 1240. The third kappa shape index (κ3) is 3.12. The molecule has 35 heavy (non-hydrogen) atoms. The lowest BCUT2D eigenvalue weighted by molar-refractivity contribution is -0.138. The SMILES string of the molecule is CC(C)(C)c1c(C(=O)NC2C3CC45CC2CC4(C3)C5)cnn1-c1ccc(C(=O)O)c(C(F)(F)F)c1. The van der Waals surface area contributed by atoms with E-state index in [9.17, 15) is 27.9 Å². The van der Waals surface area contributed by atoms with Crippen molar-refractivity contribution in [2.24, 2.45) is 22.7 Å². The Morgan fingerprint density at radius 1 is 1.06 bits per heavy atom. The third-order valence-corrected chi connectivity index (χ3v) is 9.11. The topological polar surface area (TPSA) is 84.2 Å². The fourth-order valence-electron chi connectivity index (χ4n) is 7.95. The number of hydrogen-bond donors (Lipinski definition) is 2. The second kappa shape index (κ2) is 6.68. The molecule has 0 unspecified atom stereocenters. The lowest BCUT2D eigenvalue weighted by Gasteiger charge is -2.41. The molecule has 0 saturated heterocycles. The summed E-state index contributed by atoms with van der Waals surface area (Å²) in [4.78, 5) is 24.9. The molecule has 5 fully saturated rings. The molecule has 186 valence electrons. The minimum Gasteiger partial charge on any atom is -0.478 e. The van der Waals surface area contributed by atoms with Gasteiger partial charge in [0.2, 0.25) is 0 Å². The van der Waals surface area contributed by atoms with E-state index in [1.165, 1.54) is 49.0 Å². The monoisotopic (exact) mass is 487 g/mol. The number of benzene rings is 1. The molecular weight excluding hydrogens is 459 g/mol. The van der Waals surface area contributed by atoms with E-state index in [0.29, 0.717) is 33.9 Å². The van der Waals surface area contributed by atoms with Gasteiger partial charge in [0, 0.05) is 11.5 Å². The molecule has 0 atom stereocenters. The number of carboxylic acid groups (broad SMARTS) is 1. The molecule has 7 rings (SSSR count). The van der Waals surface area contributed by atoms with Crippen LogP contribution >= 0.6 is 0 Å². The van der Waals surface area contributed by atoms with Crippen LogP contribution in [0.25, 0.3) is 5.69 Å². The van der Waals surface area contributed by atoms with Crippen LogP contribution in [0.4, 0.5) is 13.2 Å². The highest BCUT2D eigenvalue weighted by Crippen LogP contribution is 2.87. The van der Waals surface area contributed by atoms with Crippen molar-refractivity contribution in [2.75, 3.05) is 0 Å². The number of nitrogens with one attached hydrogen (secondary N) is 1. The molecule has 2 N–H and O–H groups in total. The summed E-state index contributed by atoms with van der Waals surface area (Å²) in [5.74, 6) is -0.892. The van der Waals surface area contributed by atoms with Gasteiger partial charge in [-0.15, -0.1) is 0 Å². The number of hydrogen-bond acceptors (Lipinski definition) is 3. The average molecular weight is 488 g/mol. The highest BCUT2D eigenvalue weighted by molar-refractivity contribution is 5.96. The molecule has 2 spiro atoms. The van der Waals surface area contributed by atoms with Gasteiger partial charge in [-0.3, -0.25) is 4.79 Å². The van der Waals surface area contributed by atoms with Crippen LogP contribution in [0, 0.1) is 22.7 Å². The zero-order valence-corrected chi connectivity index (χ0v) is 19.9. The molecule has 2 aromatic rings. The normalized spacial score (nSPS) is 32.6. The second-order valence-electron chi connectivity index (χ2n) is 12.2. The van der Waals surface area contributed by atoms with Crippen molar-refractivity contribution in [3.05, 3.63) is 46.8 Å². The van der Waals surface area contributed by atoms with Crippen LogP contribution in [0.15, 0.2) is 24.4 Å². The Hall–Kier alpha value is -2.84. The quantitative estimate of drug-likeness (QED) is 0.621. The minimum absolute atomic E-state index is 0.0581. The van der Waals surface area contributed by atoms with Crippen LogP contribution in [-0.4, -0.2) is 32.8 Å². The molecule has 0 aliphatic heterocycles. The van der Waals surface area contributed by atoms with Crippen molar-refractivity contribution in [3.8, 4) is 5.69 Å². The first kappa shape index (κ1) is 22.6. The Labute approximate surface area is 200 Å². The fourth-order valence-corrected chi connectivity index (χ4v) is 7.95. The lowest BCUT2D eigenvalue weighted by Crippen LogP contribution is -2.49. The summed E-state index contributed by atoms with van der Waals surface area (Å²) in [6.45, 7) is 5.62. The number of rotatable bonds is 4. The lowest BCUT2D eigenvalue weighted by atomic mass is 9.70. The standard InChI is InChI=1S/C26H28F3N3O3/c1-23(2,3)20-17(21(33)31-19-13-7-24-9-14(19)10-25(24,8-13)12-24)11-30-32(20)15-4-5-16(22(34)35)18(6-15)26(27,28)29/h4-6,11,13-14,19H,7-10,12H2,1-3H3,(H,31,33)(H,34,35). The first-order valence-electron chi connectivity index (χ1n) is 12.1. The van der Waals surface area contributed by atoms with Crippen LogP contribution in [0.2, 0.25) is 0 Å². The van der Waals surface area contributed by atoms with Crippen LogP contribution in [0.3, 0.4) is 0 Å². The van der Waals surface area contributed by atoms with Crippen LogP contribution in [0.5, 0.6) is 0 Å². The number of alkyl halides is 3.